The Hall–Kier alpha value is -1.60. The number of aryl methyl sites for hydroxylation is 2. The average molecular weight is 438 g/mol. The molecule has 0 saturated carbocycles. The van der Waals surface area contributed by atoms with Gasteiger partial charge in [0.25, 0.3) is 0 Å². The van der Waals surface area contributed by atoms with Crippen molar-refractivity contribution in [1.82, 2.24) is 15.1 Å². The van der Waals surface area contributed by atoms with Gasteiger partial charge in [-0.1, -0.05) is 18.2 Å². The zero-order valence-electron chi connectivity index (χ0n) is 18.4. The maximum absolute atomic E-state index is 13.1. The monoisotopic (exact) mass is 437 g/mol. The number of nitrogens with one attached hydrogen (secondary N) is 1. The molecule has 0 aromatic heterocycles. The van der Waals surface area contributed by atoms with Crippen LogP contribution >= 0.6 is 0 Å². The number of carbonyl (C=O) groups is 1. The SMILES string of the molecule is C[C@@H](NC(=O)[C@@H]1CCCN1C1CCN(CC(F)(F)F)CC1)c1ccc2c(c1)CCCC2. The lowest BCUT2D eigenvalue weighted by atomic mass is 9.89. The van der Waals surface area contributed by atoms with Crippen molar-refractivity contribution in [2.75, 3.05) is 26.2 Å². The fourth-order valence-corrected chi connectivity index (χ4v) is 5.59. The second-order valence-corrected chi connectivity index (χ2v) is 9.48. The molecule has 4 rings (SSSR count). The molecule has 31 heavy (non-hydrogen) atoms. The van der Waals surface area contributed by atoms with Gasteiger partial charge in [-0.2, -0.15) is 13.2 Å². The minimum Gasteiger partial charge on any atom is -0.348 e. The normalized spacial score (nSPS) is 24.7. The molecule has 1 amide bonds. The fraction of sp³-hybridized carbons (Fsp3) is 0.708. The van der Waals surface area contributed by atoms with Crippen molar-refractivity contribution in [3.8, 4) is 0 Å². The van der Waals surface area contributed by atoms with E-state index >= 15 is 0 Å². The summed E-state index contributed by atoms with van der Waals surface area (Å²) >= 11 is 0. The highest BCUT2D eigenvalue weighted by Crippen LogP contribution is 2.29. The Kier molecular flexibility index (Phi) is 6.92. The molecule has 172 valence electrons. The molecule has 2 atom stereocenters. The Morgan fingerprint density at radius 3 is 2.48 bits per heavy atom. The summed E-state index contributed by atoms with van der Waals surface area (Å²) in [5.74, 6) is 0.0560. The zero-order valence-corrected chi connectivity index (χ0v) is 18.4. The number of benzene rings is 1. The molecule has 4 nitrogen and oxygen atoms in total. The molecule has 7 heteroatoms. The highest BCUT2D eigenvalue weighted by Gasteiger charge is 2.39. The summed E-state index contributed by atoms with van der Waals surface area (Å²) in [6.45, 7) is 2.95. The third-order valence-corrected chi connectivity index (χ3v) is 7.26. The van der Waals surface area contributed by atoms with E-state index < -0.39 is 12.7 Å². The van der Waals surface area contributed by atoms with E-state index in [0.29, 0.717) is 25.9 Å². The standard InChI is InChI=1S/C24H34F3N3O/c1-17(19-9-8-18-5-2-3-6-20(18)15-19)28-23(31)22-7-4-12-30(22)21-10-13-29(14-11-21)16-24(25,26)27/h8-9,15,17,21-22H,2-7,10-14,16H2,1H3,(H,28,31)/t17-,22+/m1/s1. The minimum atomic E-state index is -4.14. The fourth-order valence-electron chi connectivity index (χ4n) is 5.59. The lowest BCUT2D eigenvalue weighted by Gasteiger charge is -2.39. The number of halogens is 3. The number of nitrogens with zero attached hydrogens (tertiary/aromatic N) is 2. The molecule has 2 fully saturated rings. The van der Waals surface area contributed by atoms with E-state index in [4.69, 9.17) is 0 Å². The van der Waals surface area contributed by atoms with Gasteiger partial charge in [-0.05, 0) is 94.6 Å². The summed E-state index contributed by atoms with van der Waals surface area (Å²) in [4.78, 5) is 16.8. The van der Waals surface area contributed by atoms with Crippen LogP contribution in [0.5, 0.6) is 0 Å². The number of amides is 1. The number of piperidine rings is 1. The van der Waals surface area contributed by atoms with Crippen molar-refractivity contribution < 1.29 is 18.0 Å². The maximum atomic E-state index is 13.1. The van der Waals surface area contributed by atoms with Gasteiger partial charge >= 0.3 is 6.18 Å². The van der Waals surface area contributed by atoms with Gasteiger partial charge in [0.05, 0.1) is 18.6 Å². The molecule has 0 unspecified atom stereocenters. The van der Waals surface area contributed by atoms with Crippen LogP contribution in [-0.2, 0) is 17.6 Å². The molecule has 3 aliphatic rings. The lowest BCUT2D eigenvalue weighted by Crippen LogP contribution is -2.52. The molecule has 1 aromatic rings. The smallest absolute Gasteiger partial charge is 0.348 e. The molecule has 2 aliphatic heterocycles. The molecular formula is C24H34F3N3O. The number of fused-ring (bicyclic) bond motifs is 1. The lowest BCUT2D eigenvalue weighted by molar-refractivity contribution is -0.149. The van der Waals surface area contributed by atoms with E-state index in [9.17, 15) is 18.0 Å². The molecule has 1 aliphatic carbocycles. The number of carbonyl (C=O) groups excluding carboxylic acids is 1. The second kappa shape index (κ2) is 9.49. The van der Waals surface area contributed by atoms with Gasteiger partial charge < -0.3 is 5.32 Å². The molecule has 2 saturated heterocycles. The third kappa shape index (κ3) is 5.61. The largest absolute Gasteiger partial charge is 0.401 e. The quantitative estimate of drug-likeness (QED) is 0.749. The van der Waals surface area contributed by atoms with Crippen molar-refractivity contribution in [1.29, 1.82) is 0 Å². The van der Waals surface area contributed by atoms with Crippen LogP contribution in [-0.4, -0.2) is 60.1 Å². The first-order chi connectivity index (χ1) is 14.8. The molecule has 1 N–H and O–H groups in total. The number of likely N-dealkylation sites (tertiary alicyclic amines) is 2. The van der Waals surface area contributed by atoms with Gasteiger partial charge in [0.15, 0.2) is 0 Å². The number of alkyl halides is 3. The summed E-state index contributed by atoms with van der Waals surface area (Å²) in [7, 11) is 0. The maximum Gasteiger partial charge on any atom is 0.401 e. The highest BCUT2D eigenvalue weighted by molar-refractivity contribution is 5.82. The Bertz CT molecular complexity index is 774. The topological polar surface area (TPSA) is 35.6 Å². The van der Waals surface area contributed by atoms with Gasteiger partial charge in [0.1, 0.15) is 0 Å². The number of rotatable bonds is 5. The molecular weight excluding hydrogens is 403 g/mol. The van der Waals surface area contributed by atoms with Crippen molar-refractivity contribution in [3.63, 3.8) is 0 Å². The molecule has 1 aromatic carbocycles. The van der Waals surface area contributed by atoms with Crippen molar-refractivity contribution >= 4 is 5.91 Å². The zero-order chi connectivity index (χ0) is 22.0. The van der Waals surface area contributed by atoms with E-state index in [1.165, 1.54) is 28.9 Å². The summed E-state index contributed by atoms with van der Waals surface area (Å²) in [6.07, 6.45) is 3.79. The van der Waals surface area contributed by atoms with Crippen LogP contribution in [0.25, 0.3) is 0 Å². The van der Waals surface area contributed by atoms with Gasteiger partial charge in [0, 0.05) is 6.04 Å². The van der Waals surface area contributed by atoms with Crippen LogP contribution < -0.4 is 5.32 Å². The van der Waals surface area contributed by atoms with Crippen LogP contribution in [0.1, 0.15) is 68.2 Å². The van der Waals surface area contributed by atoms with Crippen LogP contribution in [0.2, 0.25) is 0 Å². The second-order valence-electron chi connectivity index (χ2n) is 9.48. The first-order valence-electron chi connectivity index (χ1n) is 11.8. The summed E-state index contributed by atoms with van der Waals surface area (Å²) in [5.41, 5.74) is 4.00. The Morgan fingerprint density at radius 2 is 1.77 bits per heavy atom. The summed E-state index contributed by atoms with van der Waals surface area (Å²) < 4.78 is 38.0. The Balaban J connectivity index is 1.33. The van der Waals surface area contributed by atoms with E-state index in [-0.39, 0.29) is 24.0 Å². The average Bonchev–Trinajstić information content (AvgIpc) is 3.23. The van der Waals surface area contributed by atoms with Crippen LogP contribution in [0.4, 0.5) is 13.2 Å². The Morgan fingerprint density at radius 1 is 1.06 bits per heavy atom. The van der Waals surface area contributed by atoms with Crippen molar-refractivity contribution in [2.24, 2.45) is 0 Å². The van der Waals surface area contributed by atoms with Gasteiger partial charge in [0.2, 0.25) is 5.91 Å². The Labute approximate surface area is 183 Å². The van der Waals surface area contributed by atoms with E-state index in [1.54, 1.807) is 0 Å². The van der Waals surface area contributed by atoms with Crippen LogP contribution in [0.15, 0.2) is 18.2 Å². The third-order valence-electron chi connectivity index (χ3n) is 7.26. The molecule has 0 spiro atoms. The van der Waals surface area contributed by atoms with E-state index in [2.05, 4.69) is 28.4 Å². The highest BCUT2D eigenvalue weighted by atomic mass is 19.4. The van der Waals surface area contributed by atoms with Gasteiger partial charge in [-0.3, -0.25) is 14.6 Å². The first kappa shape index (κ1) is 22.6. The molecule has 0 bridgehead atoms. The van der Waals surface area contributed by atoms with Gasteiger partial charge in [-0.25, -0.2) is 0 Å². The molecule has 0 radical (unpaired) electrons. The van der Waals surface area contributed by atoms with E-state index in [1.807, 2.05) is 6.92 Å². The predicted octanol–water partition coefficient (Wildman–Crippen LogP) is 4.23. The minimum absolute atomic E-state index is 0.0455. The van der Waals surface area contributed by atoms with Crippen molar-refractivity contribution in [3.05, 3.63) is 34.9 Å². The predicted molar refractivity (Wildman–Crippen MR) is 115 cm³/mol. The summed E-state index contributed by atoms with van der Waals surface area (Å²) in [5, 5.41) is 3.21. The van der Waals surface area contributed by atoms with Crippen LogP contribution in [0.3, 0.4) is 0 Å². The van der Waals surface area contributed by atoms with Crippen molar-refractivity contribution in [2.45, 2.75) is 82.6 Å². The number of hydrogen-bond acceptors (Lipinski definition) is 3. The number of hydrogen-bond donors (Lipinski definition) is 1. The molecule has 2 heterocycles. The first-order valence-corrected chi connectivity index (χ1v) is 11.8. The van der Waals surface area contributed by atoms with Crippen LogP contribution in [0, 0.1) is 0 Å². The van der Waals surface area contributed by atoms with Gasteiger partial charge in [-0.15, -0.1) is 0 Å². The van der Waals surface area contributed by atoms with E-state index in [0.717, 1.165) is 37.8 Å². The summed E-state index contributed by atoms with van der Waals surface area (Å²) in [6, 6.07) is 6.58.